The lowest BCUT2D eigenvalue weighted by Crippen LogP contribution is -2.50. The zero-order chi connectivity index (χ0) is 26.7. The van der Waals surface area contributed by atoms with Crippen LogP contribution >= 0.6 is 0 Å². The number of rotatable bonds is 5. The number of carbonyl (C=O) groups is 4. The first-order chi connectivity index (χ1) is 17.7. The Balaban J connectivity index is 1.58. The number of methoxy groups -OCH3 is 1. The molecular formula is C27H23F2N3O5. The summed E-state index contributed by atoms with van der Waals surface area (Å²) >= 11 is 0. The molecule has 0 saturated carbocycles. The molecule has 2 N–H and O–H groups in total. The van der Waals surface area contributed by atoms with Crippen LogP contribution in [-0.2, 0) is 25.5 Å². The number of nitrogens with one attached hydrogen (secondary N) is 2. The van der Waals surface area contributed by atoms with Crippen molar-refractivity contribution < 1.29 is 32.7 Å². The third kappa shape index (κ3) is 5.32. The third-order valence-corrected chi connectivity index (χ3v) is 5.88. The first-order valence-corrected chi connectivity index (χ1v) is 11.3. The van der Waals surface area contributed by atoms with Crippen LogP contribution in [0.3, 0.4) is 0 Å². The molecule has 1 aliphatic rings. The number of hydrogen-bond acceptors (Lipinski definition) is 5. The smallest absolute Gasteiger partial charge is 0.421 e. The number of hydrogen-bond donors (Lipinski definition) is 2. The molecule has 4 amide bonds. The minimum absolute atomic E-state index is 0.0990. The molecule has 3 aromatic carbocycles. The maximum Gasteiger partial charge on any atom is 0.421 e. The van der Waals surface area contributed by atoms with E-state index in [1.165, 1.54) is 6.92 Å². The summed E-state index contributed by atoms with van der Waals surface area (Å²) in [6, 6.07) is 14.0. The van der Waals surface area contributed by atoms with E-state index in [2.05, 4.69) is 10.6 Å². The zero-order valence-electron chi connectivity index (χ0n) is 20.0. The first-order valence-electron chi connectivity index (χ1n) is 11.3. The molecule has 3 aromatic rings. The van der Waals surface area contributed by atoms with E-state index in [1.54, 1.807) is 48.5 Å². The highest BCUT2D eigenvalue weighted by Crippen LogP contribution is 2.40. The summed E-state index contributed by atoms with van der Waals surface area (Å²) in [7, 11) is 1.14. The summed E-state index contributed by atoms with van der Waals surface area (Å²) in [6.07, 6.45) is -1.28. The molecule has 1 aliphatic heterocycles. The van der Waals surface area contributed by atoms with Crippen LogP contribution in [0.5, 0.6) is 0 Å². The van der Waals surface area contributed by atoms with Crippen LogP contribution in [0.25, 0.3) is 11.1 Å². The van der Waals surface area contributed by atoms with Gasteiger partial charge in [-0.15, -0.1) is 0 Å². The van der Waals surface area contributed by atoms with Gasteiger partial charge in [0.05, 0.1) is 19.2 Å². The van der Waals surface area contributed by atoms with Gasteiger partial charge >= 0.3 is 6.09 Å². The second-order valence-corrected chi connectivity index (χ2v) is 8.43. The van der Waals surface area contributed by atoms with Crippen LogP contribution in [0.15, 0.2) is 66.7 Å². The lowest BCUT2D eigenvalue weighted by Gasteiger charge is -2.25. The van der Waals surface area contributed by atoms with Crippen molar-refractivity contribution in [3.8, 4) is 11.1 Å². The number of nitrogens with zero attached hydrogens (tertiary/aromatic N) is 1. The maximum absolute atomic E-state index is 13.6. The van der Waals surface area contributed by atoms with E-state index >= 15 is 0 Å². The number of imide groups is 1. The number of amides is 4. The quantitative estimate of drug-likeness (QED) is 0.549. The predicted molar refractivity (Wildman–Crippen MR) is 130 cm³/mol. The molecule has 0 fully saturated rings. The number of para-hydroxylation sites is 1. The van der Waals surface area contributed by atoms with Crippen LogP contribution in [-0.4, -0.2) is 37.0 Å². The Morgan fingerprint density at radius 1 is 0.973 bits per heavy atom. The van der Waals surface area contributed by atoms with Crippen LogP contribution < -0.4 is 15.5 Å². The molecule has 4 rings (SSSR count). The van der Waals surface area contributed by atoms with Gasteiger partial charge in [-0.25, -0.2) is 18.5 Å². The van der Waals surface area contributed by atoms with Gasteiger partial charge in [0.15, 0.2) is 0 Å². The normalized spacial score (nSPS) is 15.1. The highest BCUT2D eigenvalue weighted by Gasteiger charge is 2.39. The molecule has 0 saturated heterocycles. The molecular weight excluding hydrogens is 484 g/mol. The molecule has 2 atom stereocenters. The molecule has 8 nitrogen and oxygen atoms in total. The van der Waals surface area contributed by atoms with Crippen LogP contribution in [0.4, 0.5) is 19.3 Å². The van der Waals surface area contributed by atoms with E-state index in [9.17, 15) is 28.0 Å². The second kappa shape index (κ2) is 10.6. The molecule has 37 heavy (non-hydrogen) atoms. The summed E-state index contributed by atoms with van der Waals surface area (Å²) in [4.78, 5) is 52.6. The van der Waals surface area contributed by atoms with Gasteiger partial charge in [0.1, 0.15) is 23.7 Å². The van der Waals surface area contributed by atoms with Crippen molar-refractivity contribution in [2.45, 2.75) is 25.4 Å². The summed E-state index contributed by atoms with van der Waals surface area (Å²) in [6.45, 7) is 1.40. The van der Waals surface area contributed by atoms with Crippen molar-refractivity contribution in [1.29, 1.82) is 0 Å². The molecule has 0 aliphatic carbocycles. The fourth-order valence-corrected chi connectivity index (χ4v) is 4.21. The molecule has 0 bridgehead atoms. The molecule has 1 heterocycles. The Morgan fingerprint density at radius 3 is 2.27 bits per heavy atom. The number of benzene rings is 3. The minimum Gasteiger partial charge on any atom is -0.452 e. The SMILES string of the molecule is COC(=O)N1C(=O)C(NC(=O)C(C)NC(=O)Cc2cc(F)cc(F)c2)c2ccccc2-c2ccccc21. The predicted octanol–water partition coefficient (Wildman–Crippen LogP) is 3.65. The largest absolute Gasteiger partial charge is 0.452 e. The van der Waals surface area contributed by atoms with Gasteiger partial charge in [-0.3, -0.25) is 14.4 Å². The fraction of sp³-hybridized carbons (Fsp3) is 0.185. The van der Waals surface area contributed by atoms with Crippen molar-refractivity contribution >= 4 is 29.5 Å². The molecule has 0 spiro atoms. The van der Waals surface area contributed by atoms with Crippen LogP contribution in [0.2, 0.25) is 0 Å². The van der Waals surface area contributed by atoms with Crippen molar-refractivity contribution in [1.82, 2.24) is 10.6 Å². The van der Waals surface area contributed by atoms with Gasteiger partial charge in [0, 0.05) is 11.6 Å². The van der Waals surface area contributed by atoms with E-state index in [1.807, 2.05) is 0 Å². The number of carbonyl (C=O) groups excluding carboxylic acids is 4. The second-order valence-electron chi connectivity index (χ2n) is 8.43. The number of halogens is 2. The van der Waals surface area contributed by atoms with Crippen molar-refractivity contribution in [3.05, 3.63) is 89.5 Å². The number of ether oxygens (including phenoxy) is 1. The number of anilines is 1. The standard InChI is InChI=1S/C27H23F2N3O5/c1-15(30-23(33)13-16-11-17(28)14-18(29)12-16)25(34)31-24-21-9-4-3-7-19(21)20-8-5-6-10-22(20)32(26(24)35)27(36)37-2/h3-12,14-15,24H,13H2,1-2H3,(H,30,33)(H,31,34). The highest BCUT2D eigenvalue weighted by atomic mass is 19.1. The Hall–Kier alpha value is -4.60. The summed E-state index contributed by atoms with van der Waals surface area (Å²) in [5.74, 6) is -3.75. The van der Waals surface area contributed by atoms with Gasteiger partial charge in [0.25, 0.3) is 5.91 Å². The van der Waals surface area contributed by atoms with Gasteiger partial charge < -0.3 is 15.4 Å². The summed E-state index contributed by atoms with van der Waals surface area (Å²) in [5.41, 5.74) is 2.08. The molecule has 0 radical (unpaired) electrons. The summed E-state index contributed by atoms with van der Waals surface area (Å²) < 4.78 is 31.7. The van der Waals surface area contributed by atoms with Gasteiger partial charge in [-0.2, -0.15) is 0 Å². The summed E-state index contributed by atoms with van der Waals surface area (Å²) in [5, 5.41) is 5.08. The van der Waals surface area contributed by atoms with Crippen molar-refractivity contribution in [2.75, 3.05) is 12.0 Å². The third-order valence-electron chi connectivity index (χ3n) is 5.88. The van der Waals surface area contributed by atoms with Gasteiger partial charge in [-0.05, 0) is 41.8 Å². The van der Waals surface area contributed by atoms with E-state index in [0.29, 0.717) is 28.4 Å². The average molecular weight is 507 g/mol. The van der Waals surface area contributed by atoms with E-state index in [0.717, 1.165) is 24.1 Å². The Labute approximate surface area is 211 Å². The highest BCUT2D eigenvalue weighted by molar-refractivity contribution is 6.18. The van der Waals surface area contributed by atoms with E-state index < -0.39 is 47.5 Å². The topological polar surface area (TPSA) is 105 Å². The van der Waals surface area contributed by atoms with Crippen LogP contribution in [0.1, 0.15) is 24.1 Å². The zero-order valence-corrected chi connectivity index (χ0v) is 20.0. The van der Waals surface area contributed by atoms with Crippen molar-refractivity contribution in [2.24, 2.45) is 0 Å². The van der Waals surface area contributed by atoms with Gasteiger partial charge in [-0.1, -0.05) is 42.5 Å². The van der Waals surface area contributed by atoms with Crippen molar-refractivity contribution in [3.63, 3.8) is 0 Å². The fourth-order valence-electron chi connectivity index (χ4n) is 4.21. The lowest BCUT2D eigenvalue weighted by molar-refractivity contribution is -0.130. The van der Waals surface area contributed by atoms with Crippen LogP contribution in [0, 0.1) is 11.6 Å². The molecule has 190 valence electrons. The first kappa shape index (κ1) is 25.5. The van der Waals surface area contributed by atoms with E-state index in [4.69, 9.17) is 4.74 Å². The molecule has 10 heteroatoms. The molecule has 0 aromatic heterocycles. The van der Waals surface area contributed by atoms with Gasteiger partial charge in [0.2, 0.25) is 11.8 Å². The Kier molecular flexibility index (Phi) is 7.28. The molecule has 2 unspecified atom stereocenters. The monoisotopic (exact) mass is 507 g/mol. The Morgan fingerprint density at radius 2 is 1.59 bits per heavy atom. The van der Waals surface area contributed by atoms with E-state index in [-0.39, 0.29) is 12.0 Å². The minimum atomic E-state index is -1.27. The average Bonchev–Trinajstić information content (AvgIpc) is 2.96. The lowest BCUT2D eigenvalue weighted by atomic mass is 9.95. The number of fused-ring (bicyclic) bond motifs is 3. The maximum atomic E-state index is 13.6. The Bertz CT molecular complexity index is 1370.